The maximum Gasteiger partial charge on any atom is 0.192 e. The van der Waals surface area contributed by atoms with Gasteiger partial charge in [0.05, 0.1) is 6.61 Å². The Bertz CT molecular complexity index is 222. The van der Waals surface area contributed by atoms with E-state index in [1.807, 2.05) is 0 Å². The second-order valence-corrected chi connectivity index (χ2v) is 2.64. The summed E-state index contributed by atoms with van der Waals surface area (Å²) in [7, 11) is 0. The first-order valence-corrected chi connectivity index (χ1v) is 3.48. The molecular weight excluding hydrogens is 164 g/mol. The summed E-state index contributed by atoms with van der Waals surface area (Å²) in [5, 5.41) is 35.6. The molecule has 1 rings (SSSR count). The Morgan fingerprint density at radius 2 is 1.92 bits per heavy atom. The van der Waals surface area contributed by atoms with Crippen LogP contribution in [0.4, 0.5) is 0 Å². The van der Waals surface area contributed by atoms with Gasteiger partial charge in [0.15, 0.2) is 5.78 Å². The number of rotatable bonds is 1. The van der Waals surface area contributed by atoms with Gasteiger partial charge in [-0.3, -0.25) is 4.79 Å². The summed E-state index contributed by atoms with van der Waals surface area (Å²) >= 11 is 0. The third-order valence-electron chi connectivity index (χ3n) is 1.80. The predicted octanol–water partition coefficient (Wildman–Crippen LogP) is -2.43. The number of carbonyl (C=O) groups is 1. The van der Waals surface area contributed by atoms with E-state index in [9.17, 15) is 4.79 Å². The van der Waals surface area contributed by atoms with Gasteiger partial charge < -0.3 is 20.4 Å². The lowest BCUT2D eigenvalue weighted by atomic mass is 9.91. The second kappa shape index (κ2) is 3.32. The summed E-state index contributed by atoms with van der Waals surface area (Å²) in [4.78, 5) is 11.0. The molecule has 0 amide bonds. The van der Waals surface area contributed by atoms with Crippen molar-refractivity contribution in [1.29, 1.82) is 0 Å². The van der Waals surface area contributed by atoms with E-state index < -0.39 is 30.7 Å². The SMILES string of the molecule is O=C1C(CO)=CC(O)C(O)C1O. The highest BCUT2D eigenvalue weighted by Gasteiger charge is 2.35. The first-order valence-electron chi connectivity index (χ1n) is 3.48. The molecule has 0 aliphatic heterocycles. The van der Waals surface area contributed by atoms with Gasteiger partial charge in [-0.25, -0.2) is 0 Å². The third-order valence-corrected chi connectivity index (χ3v) is 1.80. The molecule has 0 fully saturated rings. The number of aliphatic hydroxyl groups is 4. The Labute approximate surface area is 68.6 Å². The van der Waals surface area contributed by atoms with Gasteiger partial charge in [0, 0.05) is 5.57 Å². The molecule has 0 saturated heterocycles. The van der Waals surface area contributed by atoms with E-state index in [-0.39, 0.29) is 5.57 Å². The molecule has 0 aromatic carbocycles. The second-order valence-electron chi connectivity index (χ2n) is 2.64. The van der Waals surface area contributed by atoms with Crippen molar-refractivity contribution in [2.75, 3.05) is 6.61 Å². The van der Waals surface area contributed by atoms with Crippen LogP contribution < -0.4 is 0 Å². The summed E-state index contributed by atoms with van der Waals surface area (Å²) in [6, 6.07) is 0. The van der Waals surface area contributed by atoms with Crippen molar-refractivity contribution in [3.8, 4) is 0 Å². The maximum absolute atomic E-state index is 11.0. The number of hydrogen-bond acceptors (Lipinski definition) is 5. The van der Waals surface area contributed by atoms with Gasteiger partial charge in [-0.1, -0.05) is 0 Å². The molecule has 0 spiro atoms. The minimum absolute atomic E-state index is 0.0692. The molecule has 12 heavy (non-hydrogen) atoms. The molecule has 5 nitrogen and oxygen atoms in total. The van der Waals surface area contributed by atoms with E-state index in [4.69, 9.17) is 20.4 Å². The van der Waals surface area contributed by atoms with Gasteiger partial charge in [0.25, 0.3) is 0 Å². The predicted molar refractivity (Wildman–Crippen MR) is 38.2 cm³/mol. The van der Waals surface area contributed by atoms with E-state index in [0.717, 1.165) is 6.08 Å². The average Bonchev–Trinajstić information content (AvgIpc) is 2.08. The molecule has 3 unspecified atom stereocenters. The molecule has 68 valence electrons. The Kier molecular flexibility index (Phi) is 2.58. The lowest BCUT2D eigenvalue weighted by Crippen LogP contribution is -2.46. The van der Waals surface area contributed by atoms with Crippen molar-refractivity contribution in [2.45, 2.75) is 18.3 Å². The van der Waals surface area contributed by atoms with Crippen LogP contribution in [0.25, 0.3) is 0 Å². The highest BCUT2D eigenvalue weighted by Crippen LogP contribution is 2.15. The average molecular weight is 174 g/mol. The van der Waals surface area contributed by atoms with E-state index >= 15 is 0 Å². The quantitative estimate of drug-likeness (QED) is 0.354. The molecule has 5 heteroatoms. The molecule has 0 bridgehead atoms. The summed E-state index contributed by atoms with van der Waals surface area (Å²) in [5.74, 6) is -0.740. The zero-order valence-corrected chi connectivity index (χ0v) is 6.21. The van der Waals surface area contributed by atoms with Crippen molar-refractivity contribution in [1.82, 2.24) is 0 Å². The molecular formula is C7H10O5. The minimum atomic E-state index is -1.63. The van der Waals surface area contributed by atoms with E-state index in [1.165, 1.54) is 0 Å². The van der Waals surface area contributed by atoms with Crippen molar-refractivity contribution in [3.05, 3.63) is 11.6 Å². The Hall–Kier alpha value is -0.750. The molecule has 3 atom stereocenters. The minimum Gasteiger partial charge on any atom is -0.392 e. The van der Waals surface area contributed by atoms with Crippen molar-refractivity contribution in [2.24, 2.45) is 0 Å². The topological polar surface area (TPSA) is 98.0 Å². The standard InChI is InChI=1S/C7H10O5/c8-2-3-1-4(9)6(11)7(12)5(3)10/h1,4,6-9,11-12H,2H2. The van der Waals surface area contributed by atoms with Gasteiger partial charge >= 0.3 is 0 Å². The molecule has 0 saturated carbocycles. The Morgan fingerprint density at radius 1 is 1.33 bits per heavy atom. The van der Waals surface area contributed by atoms with Gasteiger partial charge in [0.2, 0.25) is 0 Å². The number of hydrogen-bond donors (Lipinski definition) is 4. The van der Waals surface area contributed by atoms with Gasteiger partial charge in [0.1, 0.15) is 18.3 Å². The lowest BCUT2D eigenvalue weighted by Gasteiger charge is -2.25. The van der Waals surface area contributed by atoms with Crippen LogP contribution in [0.3, 0.4) is 0 Å². The van der Waals surface area contributed by atoms with Crippen LogP contribution in [0, 0.1) is 0 Å². The van der Waals surface area contributed by atoms with Crippen LogP contribution in [0.1, 0.15) is 0 Å². The van der Waals surface area contributed by atoms with Crippen LogP contribution in [0.2, 0.25) is 0 Å². The fraction of sp³-hybridized carbons (Fsp3) is 0.571. The lowest BCUT2D eigenvalue weighted by molar-refractivity contribution is -0.135. The summed E-state index contributed by atoms with van der Waals surface area (Å²) in [6.07, 6.45) is -3.38. The molecule has 1 aliphatic rings. The largest absolute Gasteiger partial charge is 0.392 e. The summed E-state index contributed by atoms with van der Waals surface area (Å²) in [5.41, 5.74) is -0.0692. The first-order chi connectivity index (χ1) is 5.57. The summed E-state index contributed by atoms with van der Waals surface area (Å²) in [6.45, 7) is -0.542. The third kappa shape index (κ3) is 1.39. The fourth-order valence-corrected chi connectivity index (χ4v) is 1.05. The molecule has 4 N–H and O–H groups in total. The zero-order valence-electron chi connectivity index (χ0n) is 6.21. The Morgan fingerprint density at radius 3 is 2.42 bits per heavy atom. The van der Waals surface area contributed by atoms with Crippen LogP contribution in [-0.2, 0) is 4.79 Å². The number of Topliss-reactive ketones (excluding diaryl/α,β-unsaturated/α-hetero) is 1. The van der Waals surface area contributed by atoms with Crippen LogP contribution >= 0.6 is 0 Å². The van der Waals surface area contributed by atoms with E-state index in [0.29, 0.717) is 0 Å². The van der Waals surface area contributed by atoms with E-state index in [2.05, 4.69) is 0 Å². The number of carbonyl (C=O) groups excluding carboxylic acids is 1. The van der Waals surface area contributed by atoms with Crippen molar-refractivity contribution >= 4 is 5.78 Å². The first kappa shape index (κ1) is 9.34. The monoisotopic (exact) mass is 174 g/mol. The maximum atomic E-state index is 11.0. The van der Waals surface area contributed by atoms with E-state index in [1.54, 1.807) is 0 Å². The fourth-order valence-electron chi connectivity index (χ4n) is 1.05. The molecule has 0 heterocycles. The molecule has 0 radical (unpaired) electrons. The zero-order chi connectivity index (χ0) is 9.30. The Balaban J connectivity index is 2.92. The smallest absolute Gasteiger partial charge is 0.192 e. The molecule has 0 aromatic heterocycles. The van der Waals surface area contributed by atoms with Crippen molar-refractivity contribution < 1.29 is 25.2 Å². The normalized spacial score (nSPS) is 36.5. The van der Waals surface area contributed by atoms with Gasteiger partial charge in [-0.05, 0) is 6.08 Å². The number of ketones is 1. The van der Waals surface area contributed by atoms with Gasteiger partial charge in [-0.2, -0.15) is 0 Å². The van der Waals surface area contributed by atoms with Crippen LogP contribution in [-0.4, -0.2) is 51.1 Å². The molecule has 1 aliphatic carbocycles. The highest BCUT2D eigenvalue weighted by molar-refractivity contribution is 6.00. The summed E-state index contributed by atoms with van der Waals surface area (Å²) < 4.78 is 0. The van der Waals surface area contributed by atoms with Crippen LogP contribution in [0.5, 0.6) is 0 Å². The van der Waals surface area contributed by atoms with Crippen molar-refractivity contribution in [3.63, 3.8) is 0 Å². The van der Waals surface area contributed by atoms with Gasteiger partial charge in [-0.15, -0.1) is 0 Å². The molecule has 0 aromatic rings. The number of aliphatic hydroxyl groups excluding tert-OH is 4. The van der Waals surface area contributed by atoms with Crippen LogP contribution in [0.15, 0.2) is 11.6 Å². The highest BCUT2D eigenvalue weighted by atomic mass is 16.4.